The highest BCUT2D eigenvalue weighted by Gasteiger charge is 2.42. The molecule has 106 valence electrons. The van der Waals surface area contributed by atoms with Crippen molar-refractivity contribution in [1.29, 1.82) is 0 Å². The van der Waals surface area contributed by atoms with Crippen LogP contribution in [-0.4, -0.2) is 21.9 Å². The van der Waals surface area contributed by atoms with Crippen LogP contribution in [0, 0.1) is 0 Å². The minimum atomic E-state index is -3.19. The summed E-state index contributed by atoms with van der Waals surface area (Å²) in [5.41, 5.74) is -2.55. The van der Waals surface area contributed by atoms with Gasteiger partial charge in [0.25, 0.3) is 0 Å². The van der Waals surface area contributed by atoms with Gasteiger partial charge in [0.1, 0.15) is 11.4 Å². The highest BCUT2D eigenvalue weighted by Crippen LogP contribution is 2.31. The number of ether oxygens (including phenoxy) is 1. The van der Waals surface area contributed by atoms with Crippen LogP contribution in [0.5, 0.6) is 5.75 Å². The van der Waals surface area contributed by atoms with E-state index in [2.05, 4.69) is 0 Å². The lowest BCUT2D eigenvalue weighted by atomic mass is 9.90. The fraction of sp³-hybridized carbons (Fsp3) is 0.462. The predicted octanol–water partition coefficient (Wildman–Crippen LogP) is 2.59. The highest BCUT2D eigenvalue weighted by atomic mass is 31.1. The minimum absolute atomic E-state index is 0.406. The van der Waals surface area contributed by atoms with Crippen molar-refractivity contribution in [3.63, 3.8) is 0 Å². The lowest BCUT2D eigenvalue weighted by Gasteiger charge is -2.32. The van der Waals surface area contributed by atoms with E-state index in [4.69, 9.17) is 14.2 Å². The number of benzene rings is 1. The van der Waals surface area contributed by atoms with Gasteiger partial charge in [-0.15, -0.1) is 0 Å². The van der Waals surface area contributed by atoms with Crippen LogP contribution < -0.4 is 4.74 Å². The molecule has 1 atom stereocenters. The molecule has 0 aliphatic rings. The summed E-state index contributed by atoms with van der Waals surface area (Å²) in [6.45, 7) is 6.10. The van der Waals surface area contributed by atoms with Gasteiger partial charge in [0.05, 0.1) is 0 Å². The van der Waals surface area contributed by atoms with Gasteiger partial charge in [-0.05, 0) is 39.8 Å². The minimum Gasteiger partial charge on any atom is -0.480 e. The van der Waals surface area contributed by atoms with Crippen molar-refractivity contribution in [3.05, 3.63) is 30.3 Å². The molecule has 0 radical (unpaired) electrons. The van der Waals surface area contributed by atoms with E-state index in [9.17, 15) is 9.36 Å². The van der Waals surface area contributed by atoms with Crippen molar-refractivity contribution in [2.24, 2.45) is 0 Å². The van der Waals surface area contributed by atoms with Crippen LogP contribution in [0.25, 0.3) is 0 Å². The Kier molecular flexibility index (Phi) is 4.91. The normalized spacial score (nSPS) is 13.9. The van der Waals surface area contributed by atoms with Crippen LogP contribution >= 0.6 is 8.25 Å². The largest absolute Gasteiger partial charge is 0.480 e. The zero-order chi connectivity index (χ0) is 14.7. The Morgan fingerprint density at radius 2 is 1.63 bits per heavy atom. The van der Waals surface area contributed by atoms with E-state index >= 15 is 0 Å². The van der Waals surface area contributed by atoms with Crippen LogP contribution in [0.1, 0.15) is 27.7 Å². The van der Waals surface area contributed by atoms with Crippen LogP contribution in [0.2, 0.25) is 0 Å². The molecule has 1 unspecified atom stereocenters. The molecule has 0 heterocycles. The standard InChI is InChI=1S/C13H19O5P/c1-12(2,17-10-8-6-5-7-9-10)11(14)13(3,4)18-19(15)16/h5-9,19H,1-4H3,(H,15,16). The molecule has 0 aromatic heterocycles. The van der Waals surface area contributed by atoms with Gasteiger partial charge < -0.3 is 9.63 Å². The van der Waals surface area contributed by atoms with Crippen LogP contribution in [0.15, 0.2) is 30.3 Å². The van der Waals surface area contributed by atoms with Gasteiger partial charge in [0, 0.05) is 0 Å². The van der Waals surface area contributed by atoms with Gasteiger partial charge in [0.15, 0.2) is 5.60 Å². The fourth-order valence-electron chi connectivity index (χ4n) is 1.82. The molecule has 19 heavy (non-hydrogen) atoms. The predicted molar refractivity (Wildman–Crippen MR) is 72.5 cm³/mol. The first-order valence-electron chi connectivity index (χ1n) is 5.86. The zero-order valence-corrected chi connectivity index (χ0v) is 12.5. The Labute approximate surface area is 113 Å². The van der Waals surface area contributed by atoms with Gasteiger partial charge in [0.2, 0.25) is 5.78 Å². The third-order valence-corrected chi connectivity index (χ3v) is 3.24. The number of rotatable bonds is 6. The fourth-order valence-corrected chi connectivity index (χ4v) is 2.35. The molecular weight excluding hydrogens is 267 g/mol. The van der Waals surface area contributed by atoms with Gasteiger partial charge in [-0.2, -0.15) is 0 Å². The second kappa shape index (κ2) is 5.87. The van der Waals surface area contributed by atoms with Gasteiger partial charge in [-0.25, -0.2) is 0 Å². The molecule has 1 aromatic carbocycles. The van der Waals surface area contributed by atoms with E-state index < -0.39 is 25.2 Å². The molecular formula is C13H19O5P. The molecule has 0 saturated carbocycles. The smallest absolute Gasteiger partial charge is 0.317 e. The van der Waals surface area contributed by atoms with Crippen molar-refractivity contribution in [2.45, 2.75) is 38.9 Å². The molecule has 1 aromatic rings. The van der Waals surface area contributed by atoms with Crippen molar-refractivity contribution >= 4 is 14.0 Å². The Balaban J connectivity index is 2.87. The monoisotopic (exact) mass is 286 g/mol. The summed E-state index contributed by atoms with van der Waals surface area (Å²) in [7, 11) is -3.19. The highest BCUT2D eigenvalue weighted by molar-refractivity contribution is 7.32. The molecule has 5 nitrogen and oxygen atoms in total. The quantitative estimate of drug-likeness (QED) is 0.814. The Hall–Kier alpha value is -1.16. The van der Waals surface area contributed by atoms with Gasteiger partial charge in [-0.1, -0.05) is 18.2 Å². The summed E-state index contributed by atoms with van der Waals surface area (Å²) < 4.78 is 21.2. The molecule has 0 amide bonds. The van der Waals surface area contributed by atoms with E-state index in [1.54, 1.807) is 38.1 Å². The van der Waals surface area contributed by atoms with Crippen molar-refractivity contribution in [1.82, 2.24) is 0 Å². The first-order chi connectivity index (χ1) is 8.65. The maximum atomic E-state index is 12.3. The second-order valence-electron chi connectivity index (χ2n) is 5.13. The summed E-state index contributed by atoms with van der Waals surface area (Å²) in [6, 6.07) is 8.90. The summed E-state index contributed by atoms with van der Waals surface area (Å²) in [6.07, 6.45) is 0. The van der Waals surface area contributed by atoms with E-state index in [-0.39, 0.29) is 0 Å². The lowest BCUT2D eigenvalue weighted by molar-refractivity contribution is -0.145. The van der Waals surface area contributed by atoms with Crippen molar-refractivity contribution in [2.75, 3.05) is 0 Å². The number of ketones is 1. The number of carbonyl (C=O) groups excluding carboxylic acids is 1. The van der Waals surface area contributed by atoms with Crippen LogP contribution in [0.3, 0.4) is 0 Å². The Morgan fingerprint density at radius 1 is 1.11 bits per heavy atom. The number of carbonyl (C=O) groups is 1. The topological polar surface area (TPSA) is 72.8 Å². The van der Waals surface area contributed by atoms with Crippen LogP contribution in [0.4, 0.5) is 0 Å². The van der Waals surface area contributed by atoms with Gasteiger partial charge >= 0.3 is 8.25 Å². The third kappa shape index (κ3) is 4.46. The number of para-hydroxylation sites is 1. The number of Topliss-reactive ketones (excluding diaryl/α,β-unsaturated/α-hetero) is 1. The Bertz CT molecular complexity index is 467. The second-order valence-corrected chi connectivity index (χ2v) is 5.87. The first kappa shape index (κ1) is 15.9. The summed E-state index contributed by atoms with van der Waals surface area (Å²) in [5, 5.41) is 0. The average Bonchev–Trinajstić information content (AvgIpc) is 2.27. The maximum Gasteiger partial charge on any atom is 0.317 e. The number of hydrogen-bond donors (Lipinski definition) is 1. The lowest BCUT2D eigenvalue weighted by Crippen LogP contribution is -2.50. The van der Waals surface area contributed by atoms with Gasteiger partial charge in [-0.3, -0.25) is 13.9 Å². The van der Waals surface area contributed by atoms with Crippen molar-refractivity contribution in [3.8, 4) is 5.75 Å². The molecule has 0 spiro atoms. The number of hydrogen-bond acceptors (Lipinski definition) is 4. The molecule has 6 heteroatoms. The maximum absolute atomic E-state index is 12.3. The molecule has 1 N–H and O–H groups in total. The van der Waals surface area contributed by atoms with E-state index in [1.807, 2.05) is 6.07 Å². The summed E-state index contributed by atoms with van der Waals surface area (Å²) >= 11 is 0. The first-order valence-corrected chi connectivity index (χ1v) is 7.12. The molecule has 0 fully saturated rings. The van der Waals surface area contributed by atoms with E-state index in [0.717, 1.165) is 0 Å². The molecule has 0 aliphatic carbocycles. The average molecular weight is 286 g/mol. The SMILES string of the molecule is CC(C)(Oc1ccccc1)C(=O)C(C)(C)O[PH](=O)O. The summed E-state index contributed by atoms with van der Waals surface area (Å²) in [4.78, 5) is 21.2. The Morgan fingerprint density at radius 3 is 2.11 bits per heavy atom. The van der Waals surface area contributed by atoms with E-state index in [1.165, 1.54) is 13.8 Å². The third-order valence-electron chi connectivity index (χ3n) is 2.55. The molecule has 0 aliphatic heterocycles. The molecule has 0 bridgehead atoms. The molecule has 1 rings (SSSR count). The van der Waals surface area contributed by atoms with Crippen LogP contribution in [-0.2, 0) is 13.9 Å². The van der Waals surface area contributed by atoms with Crippen molar-refractivity contribution < 1.29 is 23.5 Å². The van der Waals surface area contributed by atoms with E-state index in [0.29, 0.717) is 5.75 Å². The zero-order valence-electron chi connectivity index (χ0n) is 11.5. The molecule has 0 saturated heterocycles. The summed E-state index contributed by atoms with van der Waals surface area (Å²) in [5.74, 6) is 0.143.